The van der Waals surface area contributed by atoms with Crippen molar-refractivity contribution in [3.05, 3.63) is 65.0 Å². The van der Waals surface area contributed by atoms with Gasteiger partial charge in [-0.1, -0.05) is 25.1 Å². The summed E-state index contributed by atoms with van der Waals surface area (Å²) in [4.78, 5) is 12.8. The Morgan fingerprint density at radius 2 is 1.76 bits per heavy atom. The van der Waals surface area contributed by atoms with E-state index in [1.54, 1.807) is 31.2 Å². The first-order chi connectivity index (χ1) is 13.6. The van der Waals surface area contributed by atoms with Crippen LogP contribution < -0.4 is 9.62 Å². The Kier molecular flexibility index (Phi) is 7.79. The molecular formula is C22H29FN2O3S. The summed E-state index contributed by atoms with van der Waals surface area (Å²) in [6, 6.07) is 10.8. The van der Waals surface area contributed by atoms with Gasteiger partial charge in [-0.25, -0.2) is 12.8 Å². The van der Waals surface area contributed by atoms with Crippen LogP contribution in [-0.4, -0.2) is 33.2 Å². The van der Waals surface area contributed by atoms with Crippen LogP contribution in [0.5, 0.6) is 0 Å². The molecule has 0 aliphatic carbocycles. The molecular weight excluding hydrogens is 391 g/mol. The molecule has 2 rings (SSSR count). The first kappa shape index (κ1) is 22.9. The van der Waals surface area contributed by atoms with Crippen LogP contribution in [0.4, 0.5) is 10.1 Å². The van der Waals surface area contributed by atoms with Crippen molar-refractivity contribution in [2.24, 2.45) is 0 Å². The summed E-state index contributed by atoms with van der Waals surface area (Å²) in [5.41, 5.74) is 3.50. The molecule has 0 spiro atoms. The Morgan fingerprint density at radius 3 is 2.31 bits per heavy atom. The highest BCUT2D eigenvalue weighted by molar-refractivity contribution is 7.92. The molecule has 0 fully saturated rings. The summed E-state index contributed by atoms with van der Waals surface area (Å²) >= 11 is 0. The molecule has 0 bridgehead atoms. The number of anilines is 1. The Balaban J connectivity index is 2.07. The average Bonchev–Trinajstić information content (AvgIpc) is 2.66. The number of carbonyl (C=O) groups excluding carboxylic acids is 1. The van der Waals surface area contributed by atoms with Crippen LogP contribution in [-0.2, 0) is 21.2 Å². The highest BCUT2D eigenvalue weighted by atomic mass is 32.2. The number of halogens is 1. The van der Waals surface area contributed by atoms with Gasteiger partial charge in [-0.15, -0.1) is 0 Å². The molecule has 5 nitrogen and oxygen atoms in total. The second-order valence-electron chi connectivity index (χ2n) is 7.27. The average molecular weight is 421 g/mol. The van der Waals surface area contributed by atoms with E-state index in [2.05, 4.69) is 5.32 Å². The Hall–Kier alpha value is -2.41. The Morgan fingerprint density at radius 1 is 1.10 bits per heavy atom. The third-order valence-electron chi connectivity index (χ3n) is 4.93. The number of hydrogen-bond donors (Lipinski definition) is 1. The smallest absolute Gasteiger partial charge is 0.243 e. The maximum Gasteiger partial charge on any atom is 0.243 e. The molecule has 2 aromatic rings. The molecule has 0 unspecified atom stereocenters. The van der Waals surface area contributed by atoms with Crippen LogP contribution in [0.25, 0.3) is 0 Å². The third-order valence-corrected chi connectivity index (χ3v) is 6.11. The van der Waals surface area contributed by atoms with E-state index >= 15 is 0 Å². The van der Waals surface area contributed by atoms with Gasteiger partial charge >= 0.3 is 0 Å². The maximum atomic E-state index is 13.0. The van der Waals surface area contributed by atoms with Gasteiger partial charge in [0.2, 0.25) is 15.9 Å². The van der Waals surface area contributed by atoms with Gasteiger partial charge in [-0.05, 0) is 74.1 Å². The molecule has 7 heteroatoms. The zero-order valence-electron chi connectivity index (χ0n) is 17.4. The van der Waals surface area contributed by atoms with Crippen molar-refractivity contribution in [2.45, 2.75) is 46.1 Å². The lowest BCUT2D eigenvalue weighted by Gasteiger charge is -2.30. The van der Waals surface area contributed by atoms with E-state index in [9.17, 15) is 17.6 Å². The van der Waals surface area contributed by atoms with E-state index < -0.39 is 16.1 Å². The first-order valence-electron chi connectivity index (χ1n) is 9.72. The highest BCUT2D eigenvalue weighted by Crippen LogP contribution is 2.25. The van der Waals surface area contributed by atoms with Gasteiger partial charge in [0.1, 0.15) is 11.9 Å². The molecule has 0 saturated heterocycles. The molecule has 2 aromatic carbocycles. The fourth-order valence-electron chi connectivity index (χ4n) is 3.20. The second-order valence-corrected chi connectivity index (χ2v) is 9.13. The zero-order chi connectivity index (χ0) is 21.6. The predicted octanol–water partition coefficient (Wildman–Crippen LogP) is 3.74. The van der Waals surface area contributed by atoms with E-state index in [0.29, 0.717) is 31.5 Å². The van der Waals surface area contributed by atoms with Crippen molar-refractivity contribution in [3.8, 4) is 0 Å². The molecule has 0 heterocycles. The minimum absolute atomic E-state index is 0.278. The number of amides is 1. The van der Waals surface area contributed by atoms with Crippen LogP contribution in [0.2, 0.25) is 0 Å². The Bertz CT molecular complexity index is 943. The van der Waals surface area contributed by atoms with Crippen molar-refractivity contribution in [1.29, 1.82) is 0 Å². The van der Waals surface area contributed by atoms with Crippen molar-refractivity contribution in [3.63, 3.8) is 0 Å². The lowest BCUT2D eigenvalue weighted by atomic mass is 10.1. The molecule has 0 aromatic heterocycles. The van der Waals surface area contributed by atoms with Crippen LogP contribution in [0, 0.1) is 19.7 Å². The highest BCUT2D eigenvalue weighted by Gasteiger charge is 2.31. The topological polar surface area (TPSA) is 66.5 Å². The summed E-state index contributed by atoms with van der Waals surface area (Å²) in [6.45, 7) is 6.07. The summed E-state index contributed by atoms with van der Waals surface area (Å²) in [5, 5.41) is 2.84. The summed E-state index contributed by atoms with van der Waals surface area (Å²) in [5.74, 6) is -0.602. The SMILES string of the molecule is CC[C@@H](C(=O)NCCCc1ccc(F)cc1)N(c1ccc(C)c(C)c1)S(C)(=O)=O. The molecule has 1 atom stereocenters. The molecule has 0 radical (unpaired) electrons. The van der Waals surface area contributed by atoms with Crippen molar-refractivity contribution in [1.82, 2.24) is 5.32 Å². The molecule has 1 amide bonds. The Labute approximate surface area is 173 Å². The lowest BCUT2D eigenvalue weighted by molar-refractivity contribution is -0.122. The fourth-order valence-corrected chi connectivity index (χ4v) is 4.40. The fraction of sp³-hybridized carbons (Fsp3) is 0.409. The zero-order valence-corrected chi connectivity index (χ0v) is 18.2. The van der Waals surface area contributed by atoms with Crippen LogP contribution in [0.15, 0.2) is 42.5 Å². The second kappa shape index (κ2) is 9.87. The van der Waals surface area contributed by atoms with E-state index in [-0.39, 0.29) is 11.7 Å². The minimum atomic E-state index is -3.64. The minimum Gasteiger partial charge on any atom is -0.354 e. The number of nitrogens with zero attached hydrogens (tertiary/aromatic N) is 1. The first-order valence-corrected chi connectivity index (χ1v) is 11.6. The quantitative estimate of drug-likeness (QED) is 0.629. The van der Waals surface area contributed by atoms with Crippen molar-refractivity contribution in [2.75, 3.05) is 17.1 Å². The molecule has 0 aliphatic heterocycles. The normalized spacial score (nSPS) is 12.4. The van der Waals surface area contributed by atoms with Gasteiger partial charge in [0.15, 0.2) is 0 Å². The molecule has 158 valence electrons. The number of sulfonamides is 1. The predicted molar refractivity (Wildman–Crippen MR) is 115 cm³/mol. The van der Waals surface area contributed by atoms with Crippen LogP contribution >= 0.6 is 0 Å². The maximum absolute atomic E-state index is 13.0. The third kappa shape index (κ3) is 6.29. The largest absolute Gasteiger partial charge is 0.354 e. The van der Waals surface area contributed by atoms with Gasteiger partial charge in [-0.2, -0.15) is 0 Å². The monoisotopic (exact) mass is 420 g/mol. The number of carbonyl (C=O) groups is 1. The molecule has 1 N–H and O–H groups in total. The summed E-state index contributed by atoms with van der Waals surface area (Å²) in [7, 11) is -3.64. The van der Waals surface area contributed by atoms with Gasteiger partial charge in [0.05, 0.1) is 11.9 Å². The molecule has 0 aliphatic rings. The van der Waals surface area contributed by atoms with Crippen LogP contribution in [0.3, 0.4) is 0 Å². The molecule has 29 heavy (non-hydrogen) atoms. The van der Waals surface area contributed by atoms with E-state index in [4.69, 9.17) is 0 Å². The van der Waals surface area contributed by atoms with Crippen molar-refractivity contribution < 1.29 is 17.6 Å². The number of hydrogen-bond acceptors (Lipinski definition) is 3. The van der Waals surface area contributed by atoms with Gasteiger partial charge in [0, 0.05) is 6.54 Å². The van der Waals surface area contributed by atoms with Gasteiger partial charge < -0.3 is 5.32 Å². The van der Waals surface area contributed by atoms with E-state index in [0.717, 1.165) is 22.9 Å². The number of benzene rings is 2. The lowest BCUT2D eigenvalue weighted by Crippen LogP contribution is -2.49. The van der Waals surface area contributed by atoms with Crippen LogP contribution in [0.1, 0.15) is 36.5 Å². The van der Waals surface area contributed by atoms with E-state index in [1.807, 2.05) is 19.9 Å². The standard InChI is InChI=1S/C22H29FN2O3S/c1-5-21(22(26)24-14-6-7-18-9-11-19(23)12-10-18)25(29(4,27)28)20-13-8-16(2)17(3)15-20/h8-13,15,21H,5-7,14H2,1-4H3,(H,24,26)/t21-/m0/s1. The summed E-state index contributed by atoms with van der Waals surface area (Å²) in [6.07, 6.45) is 2.84. The molecule has 0 saturated carbocycles. The van der Waals surface area contributed by atoms with Crippen molar-refractivity contribution >= 4 is 21.6 Å². The van der Waals surface area contributed by atoms with E-state index in [1.165, 1.54) is 16.4 Å². The summed E-state index contributed by atoms with van der Waals surface area (Å²) < 4.78 is 39.1. The number of aryl methyl sites for hydroxylation is 3. The van der Waals surface area contributed by atoms with Gasteiger partial charge in [0.25, 0.3) is 0 Å². The number of rotatable bonds is 9. The number of nitrogens with one attached hydrogen (secondary N) is 1. The van der Waals surface area contributed by atoms with Gasteiger partial charge in [-0.3, -0.25) is 9.10 Å².